The van der Waals surface area contributed by atoms with Gasteiger partial charge in [-0.1, -0.05) is 44.2 Å². The van der Waals surface area contributed by atoms with Crippen LogP contribution in [0.15, 0.2) is 42.5 Å². The van der Waals surface area contributed by atoms with Crippen molar-refractivity contribution in [3.63, 3.8) is 0 Å². The van der Waals surface area contributed by atoms with Crippen LogP contribution in [0.4, 0.5) is 0 Å². The maximum atomic E-state index is 12.1. The summed E-state index contributed by atoms with van der Waals surface area (Å²) in [7, 11) is 0. The van der Waals surface area contributed by atoms with E-state index in [-0.39, 0.29) is 17.9 Å². The molecule has 0 aliphatic rings. The Kier molecular flexibility index (Phi) is 4.97. The molecule has 0 aromatic heterocycles. The summed E-state index contributed by atoms with van der Waals surface area (Å²) in [4.78, 5) is 12.1. The van der Waals surface area contributed by atoms with E-state index in [2.05, 4.69) is 5.32 Å². The van der Waals surface area contributed by atoms with Crippen LogP contribution < -0.4 is 5.32 Å². The van der Waals surface area contributed by atoms with Crippen LogP contribution in [0.5, 0.6) is 0 Å². The SMILES string of the molecule is CC(C)(CO)CCCNC(=O)c1ccc2ccccc2c1. The Morgan fingerprint density at radius 1 is 1.14 bits per heavy atom. The van der Waals surface area contributed by atoms with Crippen LogP contribution in [0.3, 0.4) is 0 Å². The van der Waals surface area contributed by atoms with Crippen molar-refractivity contribution in [1.82, 2.24) is 5.32 Å². The molecule has 3 nitrogen and oxygen atoms in total. The van der Waals surface area contributed by atoms with E-state index >= 15 is 0 Å². The molecule has 3 heteroatoms. The lowest BCUT2D eigenvalue weighted by atomic mass is 9.89. The van der Waals surface area contributed by atoms with Crippen LogP contribution in [0, 0.1) is 5.41 Å². The Hall–Kier alpha value is -1.87. The van der Waals surface area contributed by atoms with E-state index in [1.165, 1.54) is 0 Å². The monoisotopic (exact) mass is 285 g/mol. The number of nitrogens with one attached hydrogen (secondary N) is 1. The molecular weight excluding hydrogens is 262 g/mol. The number of benzene rings is 2. The van der Waals surface area contributed by atoms with Crippen molar-refractivity contribution < 1.29 is 9.90 Å². The molecule has 0 unspecified atom stereocenters. The number of carbonyl (C=O) groups excluding carboxylic acids is 1. The number of hydrogen-bond acceptors (Lipinski definition) is 2. The lowest BCUT2D eigenvalue weighted by Gasteiger charge is -2.21. The Bertz CT molecular complexity index is 619. The van der Waals surface area contributed by atoms with E-state index in [4.69, 9.17) is 0 Å². The topological polar surface area (TPSA) is 49.3 Å². The van der Waals surface area contributed by atoms with E-state index in [1.807, 2.05) is 56.3 Å². The number of aliphatic hydroxyl groups is 1. The average Bonchev–Trinajstić information content (AvgIpc) is 2.51. The van der Waals surface area contributed by atoms with Gasteiger partial charge in [0.25, 0.3) is 5.91 Å². The molecule has 21 heavy (non-hydrogen) atoms. The van der Waals surface area contributed by atoms with Gasteiger partial charge in [-0.05, 0) is 41.2 Å². The first-order valence-electron chi connectivity index (χ1n) is 7.40. The number of carbonyl (C=O) groups is 1. The molecule has 0 spiro atoms. The average molecular weight is 285 g/mol. The fourth-order valence-electron chi connectivity index (χ4n) is 2.28. The third kappa shape index (κ3) is 4.30. The summed E-state index contributed by atoms with van der Waals surface area (Å²) in [5.41, 5.74) is 0.614. The number of rotatable bonds is 6. The molecule has 0 bridgehead atoms. The predicted molar refractivity (Wildman–Crippen MR) is 86.4 cm³/mol. The molecule has 2 N–H and O–H groups in total. The molecule has 112 valence electrons. The summed E-state index contributed by atoms with van der Waals surface area (Å²) in [5.74, 6) is -0.0393. The van der Waals surface area contributed by atoms with Crippen LogP contribution in [0.25, 0.3) is 10.8 Å². The molecular formula is C18H23NO2. The molecule has 0 atom stereocenters. The van der Waals surface area contributed by atoms with Crippen molar-refractivity contribution in [3.8, 4) is 0 Å². The van der Waals surface area contributed by atoms with E-state index in [1.54, 1.807) is 0 Å². The fourth-order valence-corrected chi connectivity index (χ4v) is 2.28. The van der Waals surface area contributed by atoms with E-state index < -0.39 is 0 Å². The number of hydrogen-bond donors (Lipinski definition) is 2. The highest BCUT2D eigenvalue weighted by molar-refractivity contribution is 5.98. The third-order valence-electron chi connectivity index (χ3n) is 3.76. The molecule has 0 saturated heterocycles. The Labute approximate surface area is 126 Å². The van der Waals surface area contributed by atoms with Crippen molar-refractivity contribution in [2.75, 3.05) is 13.2 Å². The van der Waals surface area contributed by atoms with Gasteiger partial charge < -0.3 is 10.4 Å². The van der Waals surface area contributed by atoms with Crippen molar-refractivity contribution >= 4 is 16.7 Å². The number of fused-ring (bicyclic) bond motifs is 1. The highest BCUT2D eigenvalue weighted by atomic mass is 16.3. The largest absolute Gasteiger partial charge is 0.396 e. The fraction of sp³-hybridized carbons (Fsp3) is 0.389. The minimum Gasteiger partial charge on any atom is -0.396 e. The van der Waals surface area contributed by atoms with Gasteiger partial charge in [-0.15, -0.1) is 0 Å². The van der Waals surface area contributed by atoms with Gasteiger partial charge in [-0.25, -0.2) is 0 Å². The maximum absolute atomic E-state index is 12.1. The Morgan fingerprint density at radius 3 is 2.57 bits per heavy atom. The van der Waals surface area contributed by atoms with Gasteiger partial charge in [0.1, 0.15) is 0 Å². The van der Waals surface area contributed by atoms with Crippen molar-refractivity contribution in [1.29, 1.82) is 0 Å². The van der Waals surface area contributed by atoms with Crippen LogP contribution in [0.2, 0.25) is 0 Å². The van der Waals surface area contributed by atoms with Gasteiger partial charge in [-0.2, -0.15) is 0 Å². The third-order valence-corrected chi connectivity index (χ3v) is 3.76. The van der Waals surface area contributed by atoms with Crippen LogP contribution in [-0.2, 0) is 0 Å². The van der Waals surface area contributed by atoms with Gasteiger partial charge in [0.05, 0.1) is 0 Å². The van der Waals surface area contributed by atoms with Gasteiger partial charge in [-0.3, -0.25) is 4.79 Å². The second-order valence-corrected chi connectivity index (χ2v) is 6.24. The number of aliphatic hydroxyl groups excluding tert-OH is 1. The molecule has 2 aromatic carbocycles. The summed E-state index contributed by atoms with van der Waals surface area (Å²) < 4.78 is 0. The lowest BCUT2D eigenvalue weighted by molar-refractivity contribution is 0.0948. The number of amides is 1. The van der Waals surface area contributed by atoms with Crippen LogP contribution in [-0.4, -0.2) is 24.2 Å². The van der Waals surface area contributed by atoms with Crippen molar-refractivity contribution in [2.24, 2.45) is 5.41 Å². The van der Waals surface area contributed by atoms with Crippen LogP contribution in [0.1, 0.15) is 37.0 Å². The molecule has 0 aliphatic carbocycles. The van der Waals surface area contributed by atoms with Crippen LogP contribution >= 0.6 is 0 Å². The highest BCUT2D eigenvalue weighted by Crippen LogP contribution is 2.20. The Balaban J connectivity index is 1.90. The summed E-state index contributed by atoms with van der Waals surface area (Å²) in [6, 6.07) is 13.8. The summed E-state index contributed by atoms with van der Waals surface area (Å²) in [6.07, 6.45) is 1.76. The molecule has 0 aliphatic heterocycles. The quantitative estimate of drug-likeness (QED) is 0.799. The Morgan fingerprint density at radius 2 is 1.86 bits per heavy atom. The van der Waals surface area contributed by atoms with E-state index in [9.17, 15) is 9.90 Å². The first kappa shape index (κ1) is 15.5. The summed E-state index contributed by atoms with van der Waals surface area (Å²) >= 11 is 0. The van der Waals surface area contributed by atoms with E-state index in [0.29, 0.717) is 12.1 Å². The van der Waals surface area contributed by atoms with Crippen molar-refractivity contribution in [2.45, 2.75) is 26.7 Å². The minimum absolute atomic E-state index is 0.0393. The highest BCUT2D eigenvalue weighted by Gasteiger charge is 2.15. The van der Waals surface area contributed by atoms with Gasteiger partial charge in [0.2, 0.25) is 0 Å². The first-order valence-corrected chi connectivity index (χ1v) is 7.40. The maximum Gasteiger partial charge on any atom is 0.251 e. The van der Waals surface area contributed by atoms with Gasteiger partial charge >= 0.3 is 0 Å². The zero-order valence-corrected chi connectivity index (χ0v) is 12.7. The standard InChI is InChI=1S/C18H23NO2/c1-18(2,13-20)10-5-11-19-17(21)16-9-8-14-6-3-4-7-15(14)12-16/h3-4,6-9,12,20H,5,10-11,13H2,1-2H3,(H,19,21). The van der Waals surface area contributed by atoms with E-state index in [0.717, 1.165) is 23.6 Å². The lowest BCUT2D eigenvalue weighted by Crippen LogP contribution is -2.26. The first-order chi connectivity index (χ1) is 10.0. The van der Waals surface area contributed by atoms with Gasteiger partial charge in [0.15, 0.2) is 0 Å². The minimum atomic E-state index is -0.0757. The molecule has 2 aromatic rings. The predicted octanol–water partition coefficient (Wildman–Crippen LogP) is 3.37. The summed E-state index contributed by atoms with van der Waals surface area (Å²) in [6.45, 7) is 4.86. The second kappa shape index (κ2) is 6.72. The second-order valence-electron chi connectivity index (χ2n) is 6.24. The molecule has 2 rings (SSSR count). The van der Waals surface area contributed by atoms with Gasteiger partial charge in [0, 0.05) is 18.7 Å². The normalized spacial score (nSPS) is 11.6. The molecule has 0 fully saturated rings. The van der Waals surface area contributed by atoms with Crippen molar-refractivity contribution in [3.05, 3.63) is 48.0 Å². The summed E-state index contributed by atoms with van der Waals surface area (Å²) in [5, 5.41) is 14.3. The smallest absolute Gasteiger partial charge is 0.251 e. The zero-order valence-electron chi connectivity index (χ0n) is 12.7. The molecule has 0 radical (unpaired) electrons. The molecule has 1 amide bonds. The molecule has 0 heterocycles. The molecule has 0 saturated carbocycles. The zero-order chi connectivity index (χ0) is 15.3.